The molecular formula is C52H72N14O14. The number of benzene rings is 2. The fourth-order valence-electron chi connectivity index (χ4n) is 8.68. The minimum absolute atomic E-state index is 0.0178. The summed E-state index contributed by atoms with van der Waals surface area (Å²) in [5.41, 5.74) is 24.2. The molecule has 80 heavy (non-hydrogen) atoms. The van der Waals surface area contributed by atoms with Crippen molar-refractivity contribution in [2.45, 2.75) is 140 Å². The van der Waals surface area contributed by atoms with Gasteiger partial charge in [0, 0.05) is 31.3 Å². The molecule has 434 valence electrons. The average molecular weight is 1120 g/mol. The molecule has 0 spiro atoms. The summed E-state index contributed by atoms with van der Waals surface area (Å²) in [6.07, 6.45) is 0.695. The Bertz CT molecular complexity index is 2690. The highest BCUT2D eigenvalue weighted by atomic mass is 16.4. The minimum atomic E-state index is -1.79. The third kappa shape index (κ3) is 19.5. The third-order valence-corrected chi connectivity index (χ3v) is 13.2. The summed E-state index contributed by atoms with van der Waals surface area (Å²) in [7, 11) is 0. The number of primary amides is 3. The quantitative estimate of drug-likeness (QED) is 0.0295. The number of nitrogens with zero attached hydrogens (tertiary/aromatic N) is 2. The van der Waals surface area contributed by atoms with Gasteiger partial charge in [0.2, 0.25) is 65.0 Å². The van der Waals surface area contributed by atoms with Crippen LogP contribution in [0.25, 0.3) is 0 Å². The van der Waals surface area contributed by atoms with Crippen molar-refractivity contribution < 1.29 is 67.7 Å². The second-order valence-electron chi connectivity index (χ2n) is 19.9. The van der Waals surface area contributed by atoms with E-state index in [9.17, 15) is 67.7 Å². The zero-order valence-electron chi connectivity index (χ0n) is 44.8. The van der Waals surface area contributed by atoms with Crippen molar-refractivity contribution in [1.82, 2.24) is 52.1 Å². The molecular weight excluding hydrogens is 1040 g/mol. The lowest BCUT2D eigenvalue weighted by molar-refractivity contribution is -0.142. The van der Waals surface area contributed by atoms with Crippen molar-refractivity contribution in [2.24, 2.45) is 34.8 Å². The van der Waals surface area contributed by atoms with Crippen LogP contribution in [0.2, 0.25) is 0 Å². The summed E-state index contributed by atoms with van der Waals surface area (Å²) in [6.45, 7) is 6.43. The number of hydrogen-bond acceptors (Lipinski definition) is 15. The van der Waals surface area contributed by atoms with Gasteiger partial charge in [0.05, 0.1) is 31.6 Å². The van der Waals surface area contributed by atoms with Gasteiger partial charge in [-0.05, 0) is 54.4 Å². The molecule has 1 aliphatic rings. The molecule has 4 rings (SSSR count). The number of aliphatic carboxylic acids is 1. The highest BCUT2D eigenvalue weighted by Crippen LogP contribution is 2.21. The van der Waals surface area contributed by atoms with Crippen molar-refractivity contribution in [3.8, 4) is 5.75 Å². The number of carbonyl (C=O) groups excluding carboxylic acids is 11. The maximum Gasteiger partial charge on any atom is 0.326 e. The lowest BCUT2D eigenvalue weighted by atomic mass is 9.96. The van der Waals surface area contributed by atoms with Gasteiger partial charge >= 0.3 is 5.97 Å². The molecule has 0 aliphatic carbocycles. The summed E-state index contributed by atoms with van der Waals surface area (Å²) < 4.78 is 0. The molecule has 2 aromatic carbocycles. The highest BCUT2D eigenvalue weighted by molar-refractivity contribution is 6.00. The van der Waals surface area contributed by atoms with Gasteiger partial charge in [-0.3, -0.25) is 52.7 Å². The molecule has 0 radical (unpaired) electrons. The van der Waals surface area contributed by atoms with Gasteiger partial charge in [-0.1, -0.05) is 76.6 Å². The number of aromatic hydroxyl groups is 1. The first kappa shape index (κ1) is 63.6. The van der Waals surface area contributed by atoms with Crippen LogP contribution in [0.3, 0.4) is 0 Å². The Morgan fingerprint density at radius 3 is 1.64 bits per heavy atom. The van der Waals surface area contributed by atoms with Crippen molar-refractivity contribution >= 4 is 70.9 Å². The molecule has 28 heteroatoms. The van der Waals surface area contributed by atoms with Crippen LogP contribution in [-0.4, -0.2) is 157 Å². The standard InChI is InChI=1S/C52H72N14O14/c1-5-27(4)43(50(77)61-33(20-30-24-57-25-58-30)44(71)59-34(21-39(54)68)45(72)63-37(52(79)80)19-28-10-7-6-8-11-28)65-47(74)36(23-41(56)70)62-49(76)42(26(2)3)64-46(73)35(22-40(55)69)60-48(75)38-12-9-17-66(38)51(78)32(53)18-29-13-15-31(67)16-14-29/h6-8,10-11,13-16,24-27,32-38,42-43,67H,5,9,12,17-23,53H2,1-4H3,(H2,54,68)(H2,55,69)(H2,56,70)(H,57,58)(H,59,71)(H,60,75)(H,61,77)(H,62,76)(H,63,72)(H,64,73)(H,65,74)(H,79,80)/t27-,32-,33-,34-,35-,36-,37-,38-,42-,43-/m0/s1. The van der Waals surface area contributed by atoms with E-state index < -0.39 is 156 Å². The number of carboxylic acid groups (broad SMARTS) is 1. The molecule has 0 saturated carbocycles. The molecule has 11 amide bonds. The van der Waals surface area contributed by atoms with Gasteiger partial charge in [-0.2, -0.15) is 0 Å². The normalized spacial score (nSPS) is 16.4. The maximum atomic E-state index is 14.3. The lowest BCUT2D eigenvalue weighted by Gasteiger charge is -2.30. The summed E-state index contributed by atoms with van der Waals surface area (Å²) in [6, 6.07) is 0.911. The lowest BCUT2D eigenvalue weighted by Crippen LogP contribution is -2.62. The second kappa shape index (κ2) is 30.3. The van der Waals surface area contributed by atoms with Crippen LogP contribution >= 0.6 is 0 Å². The number of hydrogen-bond donors (Lipinski definition) is 14. The van der Waals surface area contributed by atoms with E-state index in [0.717, 1.165) is 0 Å². The zero-order valence-corrected chi connectivity index (χ0v) is 44.8. The number of amides is 11. The van der Waals surface area contributed by atoms with Crippen LogP contribution in [0.4, 0.5) is 0 Å². The molecule has 1 fully saturated rings. The Balaban J connectivity index is 1.50. The van der Waals surface area contributed by atoms with E-state index in [1.165, 1.54) is 43.4 Å². The number of carbonyl (C=O) groups is 12. The van der Waals surface area contributed by atoms with Gasteiger partial charge in [0.1, 0.15) is 54.1 Å². The number of aromatic amines is 1. The summed E-state index contributed by atoms with van der Waals surface area (Å²) in [5, 5.41) is 36.6. The number of imidazole rings is 1. The molecule has 28 nitrogen and oxygen atoms in total. The fourth-order valence-corrected chi connectivity index (χ4v) is 8.68. The Morgan fingerprint density at radius 1 is 0.625 bits per heavy atom. The fraction of sp³-hybridized carbons (Fsp3) is 0.481. The molecule has 0 bridgehead atoms. The second-order valence-corrected chi connectivity index (χ2v) is 19.9. The first-order valence-corrected chi connectivity index (χ1v) is 25.8. The molecule has 3 aromatic rings. The summed E-state index contributed by atoms with van der Waals surface area (Å²) in [5.74, 6) is -13.7. The molecule has 2 heterocycles. The first-order chi connectivity index (χ1) is 37.8. The number of phenols is 1. The highest BCUT2D eigenvalue weighted by Gasteiger charge is 2.40. The number of carboxylic acids is 1. The van der Waals surface area contributed by atoms with Gasteiger partial charge in [0.15, 0.2) is 0 Å². The molecule has 18 N–H and O–H groups in total. The van der Waals surface area contributed by atoms with Crippen molar-refractivity contribution in [2.75, 3.05) is 6.54 Å². The number of rotatable bonds is 31. The minimum Gasteiger partial charge on any atom is -0.508 e. The molecule has 10 atom stereocenters. The third-order valence-electron chi connectivity index (χ3n) is 13.2. The van der Waals surface area contributed by atoms with Crippen molar-refractivity contribution in [3.63, 3.8) is 0 Å². The van der Waals surface area contributed by atoms with Gasteiger partial charge in [0.25, 0.3) is 0 Å². The topological polar surface area (TPSA) is 466 Å². The Hall–Kier alpha value is -8.95. The number of nitrogens with two attached hydrogens (primary N) is 4. The number of nitrogens with one attached hydrogen (secondary N) is 8. The number of phenolic OH excluding ortho intramolecular Hbond substituents is 1. The predicted molar refractivity (Wildman–Crippen MR) is 284 cm³/mol. The summed E-state index contributed by atoms with van der Waals surface area (Å²) in [4.78, 5) is 168. The SMILES string of the molecule is CC[C@H](C)[C@H](NC(=O)[C@H](CC(N)=O)NC(=O)[C@@H](NC(=O)[C@H](CC(N)=O)NC(=O)[C@@H]1CCCN1C(=O)[C@@H](N)Cc1ccc(O)cc1)C(C)C)C(=O)N[C@@H](Cc1cnc[nH]1)C(=O)N[C@@H](CC(N)=O)C(=O)N[C@@H](Cc1ccccc1)C(=O)O. The molecule has 0 unspecified atom stereocenters. The monoisotopic (exact) mass is 1120 g/mol. The Labute approximate surface area is 460 Å². The van der Waals surface area contributed by atoms with E-state index in [2.05, 4.69) is 47.2 Å². The summed E-state index contributed by atoms with van der Waals surface area (Å²) >= 11 is 0. The molecule has 1 saturated heterocycles. The Morgan fingerprint density at radius 2 is 1.11 bits per heavy atom. The number of likely N-dealkylation sites (tertiary alicyclic amines) is 1. The van der Waals surface area contributed by atoms with E-state index in [0.29, 0.717) is 23.2 Å². The van der Waals surface area contributed by atoms with E-state index in [-0.39, 0.29) is 44.4 Å². The van der Waals surface area contributed by atoms with Gasteiger partial charge < -0.3 is 80.2 Å². The van der Waals surface area contributed by atoms with Crippen LogP contribution in [0.5, 0.6) is 5.75 Å². The van der Waals surface area contributed by atoms with Crippen LogP contribution in [0, 0.1) is 11.8 Å². The Kier molecular flexibility index (Phi) is 24.1. The average Bonchev–Trinajstić information content (AvgIpc) is 4.15. The van der Waals surface area contributed by atoms with Crippen molar-refractivity contribution in [1.29, 1.82) is 0 Å². The predicted octanol–water partition coefficient (Wildman–Crippen LogP) is -3.73. The molecule has 1 aliphatic heterocycles. The van der Waals surface area contributed by atoms with Crippen molar-refractivity contribution in [3.05, 3.63) is 83.9 Å². The molecule has 1 aromatic heterocycles. The first-order valence-electron chi connectivity index (χ1n) is 25.8. The van der Waals surface area contributed by atoms with Crippen LogP contribution in [0.15, 0.2) is 67.1 Å². The van der Waals surface area contributed by atoms with E-state index >= 15 is 0 Å². The van der Waals surface area contributed by atoms with Crippen LogP contribution < -0.4 is 60.2 Å². The number of H-pyrrole nitrogens is 1. The van der Waals surface area contributed by atoms with Crippen LogP contribution in [-0.2, 0) is 76.8 Å². The van der Waals surface area contributed by atoms with Gasteiger partial charge in [-0.15, -0.1) is 0 Å². The maximum absolute atomic E-state index is 14.3. The zero-order chi connectivity index (χ0) is 59.4. The van der Waals surface area contributed by atoms with Gasteiger partial charge in [-0.25, -0.2) is 9.78 Å². The smallest absolute Gasteiger partial charge is 0.326 e. The van der Waals surface area contributed by atoms with E-state index in [1.807, 2.05) is 0 Å². The van der Waals surface area contributed by atoms with E-state index in [4.69, 9.17) is 22.9 Å². The largest absolute Gasteiger partial charge is 0.508 e. The number of aromatic nitrogens is 2. The van der Waals surface area contributed by atoms with E-state index in [1.54, 1.807) is 56.3 Å². The van der Waals surface area contributed by atoms with Crippen LogP contribution in [0.1, 0.15) is 83.0 Å².